The Labute approximate surface area is 191 Å². The Morgan fingerprint density at radius 1 is 0.969 bits per heavy atom. The summed E-state index contributed by atoms with van der Waals surface area (Å²) in [5.41, 5.74) is 8.53. The zero-order valence-electron chi connectivity index (χ0n) is 17.8. The van der Waals surface area contributed by atoms with Gasteiger partial charge in [0.25, 0.3) is 0 Å². The van der Waals surface area contributed by atoms with Crippen LogP contribution in [0, 0.1) is 13.8 Å². The number of benzene rings is 3. The zero-order chi connectivity index (χ0) is 22.1. The number of nitrogens with zero attached hydrogens (tertiary/aromatic N) is 3. The van der Waals surface area contributed by atoms with Crippen LogP contribution in [0.3, 0.4) is 0 Å². The molecule has 0 unspecified atom stereocenters. The lowest BCUT2D eigenvalue weighted by Gasteiger charge is -2.33. The highest BCUT2D eigenvalue weighted by atomic mass is 32.2. The van der Waals surface area contributed by atoms with Crippen LogP contribution in [0.25, 0.3) is 11.4 Å². The summed E-state index contributed by atoms with van der Waals surface area (Å²) in [5.74, 6) is 0.654. The molecule has 0 saturated carbocycles. The van der Waals surface area contributed by atoms with Crippen LogP contribution >= 0.6 is 11.8 Å². The van der Waals surface area contributed by atoms with Crippen molar-refractivity contribution >= 4 is 23.4 Å². The molecule has 1 aliphatic rings. The van der Waals surface area contributed by atoms with Gasteiger partial charge >= 0.3 is 0 Å². The lowest BCUT2D eigenvalue weighted by molar-refractivity contribution is -0.116. The molecule has 0 radical (unpaired) electrons. The average Bonchev–Trinajstić information content (AvgIpc) is 3.24. The first-order valence-corrected chi connectivity index (χ1v) is 11.4. The number of carbonyl (C=O) groups excluding carboxylic acids is 1. The Bertz CT molecular complexity index is 1260. The van der Waals surface area contributed by atoms with Gasteiger partial charge in [-0.2, -0.15) is 0 Å². The fourth-order valence-electron chi connectivity index (χ4n) is 3.90. The van der Waals surface area contributed by atoms with Gasteiger partial charge in [0.05, 0.1) is 6.04 Å². The minimum absolute atomic E-state index is 0.0705. The quantitative estimate of drug-likeness (QED) is 0.468. The van der Waals surface area contributed by atoms with E-state index in [1.54, 1.807) is 0 Å². The van der Waals surface area contributed by atoms with Crippen molar-refractivity contribution < 1.29 is 4.79 Å². The van der Waals surface area contributed by atoms with Gasteiger partial charge < -0.3 is 10.7 Å². The molecule has 7 heteroatoms. The fourth-order valence-corrected chi connectivity index (χ4v) is 4.98. The molecular formula is C25H23N5OS. The van der Waals surface area contributed by atoms with E-state index >= 15 is 0 Å². The first-order valence-electron chi connectivity index (χ1n) is 10.5. The van der Waals surface area contributed by atoms with Crippen molar-refractivity contribution in [2.75, 3.05) is 10.7 Å². The molecule has 32 heavy (non-hydrogen) atoms. The van der Waals surface area contributed by atoms with Crippen molar-refractivity contribution in [1.29, 1.82) is 0 Å². The maximum atomic E-state index is 13.4. The summed E-state index contributed by atoms with van der Waals surface area (Å²) in [6.45, 7) is 4.05. The van der Waals surface area contributed by atoms with Crippen molar-refractivity contribution in [2.45, 2.75) is 30.3 Å². The molecule has 160 valence electrons. The molecule has 6 nitrogen and oxygen atoms in total. The molecule has 1 aromatic heterocycles. The summed E-state index contributed by atoms with van der Waals surface area (Å²) >= 11 is 1.43. The maximum Gasteiger partial charge on any atom is 0.240 e. The van der Waals surface area contributed by atoms with E-state index in [0.717, 1.165) is 33.8 Å². The lowest BCUT2D eigenvalue weighted by Crippen LogP contribution is -2.41. The fraction of sp³-hybridized carbons (Fsp3) is 0.160. The van der Waals surface area contributed by atoms with E-state index in [2.05, 4.69) is 27.0 Å². The van der Waals surface area contributed by atoms with Crippen LogP contribution < -0.4 is 10.7 Å². The summed E-state index contributed by atoms with van der Waals surface area (Å²) in [6.07, 6.45) is 0. The summed E-state index contributed by atoms with van der Waals surface area (Å²) < 4.78 is 1.89. The Morgan fingerprint density at radius 3 is 2.41 bits per heavy atom. The van der Waals surface area contributed by atoms with E-state index in [0.29, 0.717) is 5.16 Å². The van der Waals surface area contributed by atoms with Crippen LogP contribution in [-0.4, -0.2) is 26.0 Å². The van der Waals surface area contributed by atoms with E-state index in [-0.39, 0.29) is 11.9 Å². The number of carbonyl (C=O) groups is 1. The molecule has 2 heterocycles. The first kappa shape index (κ1) is 20.3. The number of amides is 1. The molecule has 1 aliphatic heterocycles. The van der Waals surface area contributed by atoms with Crippen LogP contribution in [0.5, 0.6) is 0 Å². The van der Waals surface area contributed by atoms with Crippen molar-refractivity contribution in [2.24, 2.45) is 0 Å². The Morgan fingerprint density at radius 2 is 1.69 bits per heavy atom. The highest BCUT2D eigenvalue weighted by molar-refractivity contribution is 8.00. The Balaban J connectivity index is 1.50. The van der Waals surface area contributed by atoms with Gasteiger partial charge in [-0.15, -0.1) is 10.2 Å². The Kier molecular flexibility index (Phi) is 5.41. The standard InChI is InChI=1S/C25H23N5OS/c1-16-13-14-20(17(2)15-16)26-24(31)22-21(18-9-5-3-6-10-18)29-30-23(27-28-25(30)32-22)19-11-7-4-8-12-19/h3-15,21-22,29H,1-2H3,(H,26,31)/t21-,22+/m0/s1. The predicted molar refractivity (Wildman–Crippen MR) is 128 cm³/mol. The average molecular weight is 442 g/mol. The number of rotatable bonds is 4. The van der Waals surface area contributed by atoms with Crippen molar-refractivity contribution in [3.8, 4) is 11.4 Å². The van der Waals surface area contributed by atoms with Crippen LogP contribution in [0.1, 0.15) is 22.7 Å². The maximum absolute atomic E-state index is 13.4. The topological polar surface area (TPSA) is 71.8 Å². The molecule has 2 N–H and O–H groups in total. The number of anilines is 1. The molecule has 3 aromatic carbocycles. The number of fused-ring (bicyclic) bond motifs is 1. The zero-order valence-corrected chi connectivity index (χ0v) is 18.6. The predicted octanol–water partition coefficient (Wildman–Crippen LogP) is 4.96. The number of aryl methyl sites for hydroxylation is 2. The highest BCUT2D eigenvalue weighted by Crippen LogP contribution is 2.39. The Hall–Kier alpha value is -3.58. The third kappa shape index (κ3) is 3.87. The largest absolute Gasteiger partial charge is 0.325 e. The van der Waals surface area contributed by atoms with E-state index in [9.17, 15) is 4.79 Å². The van der Waals surface area contributed by atoms with Gasteiger partial charge in [0.2, 0.25) is 11.1 Å². The first-order chi connectivity index (χ1) is 15.6. The molecule has 1 amide bonds. The number of aromatic nitrogens is 3. The highest BCUT2D eigenvalue weighted by Gasteiger charge is 2.38. The van der Waals surface area contributed by atoms with Gasteiger partial charge in [0.15, 0.2) is 5.82 Å². The second-order valence-electron chi connectivity index (χ2n) is 7.87. The van der Waals surface area contributed by atoms with Gasteiger partial charge in [-0.25, -0.2) is 4.68 Å². The minimum atomic E-state index is -0.418. The molecule has 0 aliphatic carbocycles. The molecule has 0 bridgehead atoms. The van der Waals surface area contributed by atoms with Crippen LogP contribution in [-0.2, 0) is 4.79 Å². The molecule has 0 fully saturated rings. The van der Waals surface area contributed by atoms with Gasteiger partial charge in [0, 0.05) is 11.3 Å². The SMILES string of the molecule is Cc1ccc(NC(=O)[C@@H]2Sc3nnc(-c4ccccc4)n3N[C@H]2c2ccccc2)c(C)c1. The van der Waals surface area contributed by atoms with Crippen LogP contribution in [0.4, 0.5) is 5.69 Å². The number of hydrogen-bond donors (Lipinski definition) is 2. The van der Waals surface area contributed by atoms with Crippen LogP contribution in [0.2, 0.25) is 0 Å². The lowest BCUT2D eigenvalue weighted by atomic mass is 10.0. The second-order valence-corrected chi connectivity index (χ2v) is 8.98. The summed E-state index contributed by atoms with van der Waals surface area (Å²) in [7, 11) is 0. The molecule has 0 spiro atoms. The number of thioether (sulfide) groups is 1. The molecule has 2 atom stereocenters. The minimum Gasteiger partial charge on any atom is -0.325 e. The summed E-state index contributed by atoms with van der Waals surface area (Å²) in [5, 5.41) is 12.1. The monoisotopic (exact) mass is 441 g/mol. The van der Waals surface area contributed by atoms with Gasteiger partial charge in [-0.3, -0.25) is 4.79 Å². The third-order valence-electron chi connectivity index (χ3n) is 5.53. The van der Waals surface area contributed by atoms with Crippen LogP contribution in [0.15, 0.2) is 84.0 Å². The normalized spacial score (nSPS) is 17.3. The number of nitrogens with one attached hydrogen (secondary N) is 2. The summed E-state index contributed by atoms with van der Waals surface area (Å²) in [6, 6.07) is 25.7. The third-order valence-corrected chi connectivity index (χ3v) is 6.74. The molecule has 4 aromatic rings. The molecule has 5 rings (SSSR count). The van der Waals surface area contributed by atoms with Crippen molar-refractivity contribution in [3.63, 3.8) is 0 Å². The van der Waals surface area contributed by atoms with Gasteiger partial charge in [-0.1, -0.05) is 90.1 Å². The number of hydrogen-bond acceptors (Lipinski definition) is 5. The van der Waals surface area contributed by atoms with E-state index in [4.69, 9.17) is 0 Å². The smallest absolute Gasteiger partial charge is 0.240 e. The van der Waals surface area contributed by atoms with E-state index in [1.807, 2.05) is 91.3 Å². The molecular weight excluding hydrogens is 418 g/mol. The summed E-state index contributed by atoms with van der Waals surface area (Å²) in [4.78, 5) is 13.4. The van der Waals surface area contributed by atoms with Gasteiger partial charge in [0.1, 0.15) is 5.25 Å². The van der Waals surface area contributed by atoms with Crippen molar-refractivity contribution in [1.82, 2.24) is 14.9 Å². The van der Waals surface area contributed by atoms with E-state index in [1.165, 1.54) is 11.8 Å². The van der Waals surface area contributed by atoms with Gasteiger partial charge in [-0.05, 0) is 31.0 Å². The van der Waals surface area contributed by atoms with Crippen molar-refractivity contribution in [3.05, 3.63) is 95.6 Å². The van der Waals surface area contributed by atoms with E-state index < -0.39 is 5.25 Å². The molecule has 0 saturated heterocycles. The second kappa shape index (κ2) is 8.51.